The second-order valence-electron chi connectivity index (χ2n) is 9.17. The van der Waals surface area contributed by atoms with Gasteiger partial charge in [-0.15, -0.1) is 0 Å². The maximum Gasteiger partial charge on any atom is 0.283 e. The van der Waals surface area contributed by atoms with Crippen LogP contribution in [-0.4, -0.2) is 49.7 Å². The molecule has 2 aromatic heterocycles. The Labute approximate surface area is 248 Å². The molecule has 0 aliphatic carbocycles. The van der Waals surface area contributed by atoms with Gasteiger partial charge in [0.05, 0.1) is 39.0 Å². The van der Waals surface area contributed by atoms with Crippen LogP contribution in [0.5, 0.6) is 23.0 Å². The van der Waals surface area contributed by atoms with Gasteiger partial charge in [0.1, 0.15) is 5.75 Å². The fourth-order valence-corrected chi connectivity index (χ4v) is 5.43. The number of hydrogen-bond donors (Lipinski definition) is 3. The summed E-state index contributed by atoms with van der Waals surface area (Å²) < 4.78 is 26.6. The van der Waals surface area contributed by atoms with E-state index in [9.17, 15) is 4.79 Å². The van der Waals surface area contributed by atoms with E-state index in [1.165, 1.54) is 11.5 Å². The van der Waals surface area contributed by atoms with E-state index >= 15 is 0 Å². The van der Waals surface area contributed by atoms with Crippen LogP contribution >= 0.6 is 11.5 Å². The third-order valence-electron chi connectivity index (χ3n) is 6.69. The highest BCUT2D eigenvalue weighted by Crippen LogP contribution is 2.45. The molecule has 5 N–H and O–H groups in total. The Balaban J connectivity index is 0.00000387. The van der Waals surface area contributed by atoms with E-state index in [1.54, 1.807) is 34.6 Å². The molecular weight excluding hydrogens is 564 g/mol. The summed E-state index contributed by atoms with van der Waals surface area (Å²) in [6.07, 6.45) is 2.28. The van der Waals surface area contributed by atoms with Gasteiger partial charge >= 0.3 is 0 Å². The third-order valence-corrected chi connectivity index (χ3v) is 7.54. The van der Waals surface area contributed by atoms with Crippen molar-refractivity contribution in [2.75, 3.05) is 33.8 Å². The quantitative estimate of drug-likeness (QED) is 0.227. The maximum absolute atomic E-state index is 13.2. The lowest BCUT2D eigenvalue weighted by molar-refractivity contribution is -0.402. The Kier molecular flexibility index (Phi) is 9.38. The van der Waals surface area contributed by atoms with Gasteiger partial charge in [0, 0.05) is 35.0 Å². The molecular formula is C30H31ClN4O5S. The van der Waals surface area contributed by atoms with Crippen molar-refractivity contribution >= 4 is 34.0 Å². The molecule has 214 valence electrons. The van der Waals surface area contributed by atoms with Crippen LogP contribution in [0.25, 0.3) is 32.5 Å². The fourth-order valence-electron chi connectivity index (χ4n) is 4.68. The summed E-state index contributed by atoms with van der Waals surface area (Å²) in [5, 5.41) is 4.12. The number of aromatic amines is 1. The van der Waals surface area contributed by atoms with Crippen molar-refractivity contribution in [1.29, 1.82) is 0 Å². The molecule has 0 radical (unpaired) electrons. The number of rotatable bonds is 10. The standard InChI is InChI=1S/C30H30N4O5S.ClH/c1-36-25-10-9-17(21-16-32-40-29(21)19-13-26(37-2)28(39-4)27(14-19)38-3)12-24(25)34-30(35)22(31)15-20-11-18-7-5-6-8-23(18)33-20;/h5-14,16,22,33H,15,31H2,1-4H3,(H,34,35);1H/t22-;/m0./s1. The van der Waals surface area contributed by atoms with Crippen LogP contribution in [0.2, 0.25) is 0 Å². The molecule has 2 heterocycles. The average Bonchev–Trinajstić information content (AvgIpc) is 3.63. The molecule has 1 atom stereocenters. The van der Waals surface area contributed by atoms with Gasteiger partial charge in [-0.3, -0.25) is 4.79 Å². The number of fused-ring (bicyclic) bond motifs is 1. The molecule has 0 fully saturated rings. The summed E-state index contributed by atoms with van der Waals surface area (Å²) in [5.74, 6) is 1.96. The van der Waals surface area contributed by atoms with Gasteiger partial charge in [-0.1, -0.05) is 24.3 Å². The molecule has 5 aromatic rings. The van der Waals surface area contributed by atoms with E-state index in [0.717, 1.165) is 38.2 Å². The summed E-state index contributed by atoms with van der Waals surface area (Å²) in [6, 6.07) is 19.0. The van der Waals surface area contributed by atoms with E-state index in [2.05, 4.69) is 26.5 Å². The summed E-state index contributed by atoms with van der Waals surface area (Å²) in [6.45, 7) is 0. The zero-order valence-corrected chi connectivity index (χ0v) is 24.7. The van der Waals surface area contributed by atoms with Gasteiger partial charge in [-0.05, 0) is 58.9 Å². The highest BCUT2D eigenvalue weighted by molar-refractivity contribution is 7.10. The normalized spacial score (nSPS) is 11.4. The smallest absolute Gasteiger partial charge is 0.283 e. The second kappa shape index (κ2) is 12.9. The number of nitrogens with one attached hydrogen (secondary N) is 2. The van der Waals surface area contributed by atoms with Gasteiger partial charge in [-0.2, -0.15) is 4.37 Å². The zero-order chi connectivity index (χ0) is 28.2. The number of carbonyl (C=O) groups excluding carboxylic acids is 1. The lowest BCUT2D eigenvalue weighted by Gasteiger charge is -2.15. The average molecular weight is 595 g/mol. The van der Waals surface area contributed by atoms with Crippen LogP contribution in [0.4, 0.5) is 5.69 Å². The molecule has 9 nitrogen and oxygen atoms in total. The molecule has 3 aromatic carbocycles. The summed E-state index contributed by atoms with van der Waals surface area (Å²) in [7, 11) is 6.31. The molecule has 1 amide bonds. The van der Waals surface area contributed by atoms with Crippen LogP contribution in [-0.2, 0) is 11.2 Å². The number of carbonyl (C=O) groups is 1. The van der Waals surface area contributed by atoms with Crippen LogP contribution < -0.4 is 42.4 Å². The first-order chi connectivity index (χ1) is 19.4. The molecule has 0 unspecified atom stereocenters. The Bertz CT molecular complexity index is 1610. The van der Waals surface area contributed by atoms with Crippen molar-refractivity contribution in [2.45, 2.75) is 12.5 Å². The SMILES string of the molecule is COc1ccc(-c2cnsc2-c2cc(OC)c(OC)c(OC)c2)cc1NC(=O)[C@@H]([NH3+])Cc1cc2ccccc2[nH]1.[Cl-]. The molecule has 5 rings (SSSR count). The lowest BCUT2D eigenvalue weighted by atomic mass is 10.0. The van der Waals surface area contributed by atoms with Gasteiger partial charge in [-0.25, -0.2) is 0 Å². The number of methoxy groups -OCH3 is 4. The molecule has 0 saturated carbocycles. The van der Waals surface area contributed by atoms with E-state index in [0.29, 0.717) is 35.1 Å². The first-order valence-electron chi connectivity index (χ1n) is 12.6. The van der Waals surface area contributed by atoms with Crippen LogP contribution in [0.15, 0.2) is 66.9 Å². The summed E-state index contributed by atoms with van der Waals surface area (Å²) >= 11 is 1.35. The molecule has 0 aliphatic heterocycles. The highest BCUT2D eigenvalue weighted by Gasteiger charge is 2.22. The minimum absolute atomic E-state index is 0. The first-order valence-corrected chi connectivity index (χ1v) is 13.4. The topological polar surface area (TPSA) is 122 Å². The number of anilines is 1. The number of H-pyrrole nitrogens is 1. The number of para-hydroxylation sites is 1. The van der Waals surface area contributed by atoms with E-state index in [4.69, 9.17) is 18.9 Å². The van der Waals surface area contributed by atoms with Gasteiger partial charge in [0.25, 0.3) is 5.91 Å². The van der Waals surface area contributed by atoms with E-state index in [1.807, 2.05) is 54.6 Å². The number of halogens is 1. The molecule has 0 spiro atoms. The fraction of sp³-hybridized carbons (Fsp3) is 0.200. The van der Waals surface area contributed by atoms with Crippen molar-refractivity contribution in [2.24, 2.45) is 0 Å². The second-order valence-corrected chi connectivity index (χ2v) is 9.97. The number of nitrogens with zero attached hydrogens (tertiary/aromatic N) is 1. The van der Waals surface area contributed by atoms with Crippen molar-refractivity contribution in [3.05, 3.63) is 72.6 Å². The highest BCUT2D eigenvalue weighted by atomic mass is 35.5. The Morgan fingerprint density at radius 2 is 1.63 bits per heavy atom. The minimum atomic E-state index is -0.515. The third kappa shape index (κ3) is 6.09. The Morgan fingerprint density at radius 1 is 0.927 bits per heavy atom. The number of ether oxygens (including phenoxy) is 4. The van der Waals surface area contributed by atoms with Crippen molar-refractivity contribution in [3.63, 3.8) is 0 Å². The molecule has 0 saturated heterocycles. The van der Waals surface area contributed by atoms with Crippen molar-refractivity contribution in [3.8, 4) is 44.6 Å². The summed E-state index contributed by atoms with van der Waals surface area (Å²) in [4.78, 5) is 17.5. The lowest BCUT2D eigenvalue weighted by Crippen LogP contribution is -3.00. The van der Waals surface area contributed by atoms with Crippen LogP contribution in [0.1, 0.15) is 5.69 Å². The van der Waals surface area contributed by atoms with Gasteiger partial charge < -0.3 is 47.4 Å². The monoisotopic (exact) mass is 594 g/mol. The number of aromatic nitrogens is 2. The molecule has 0 aliphatic rings. The number of benzene rings is 3. The Morgan fingerprint density at radius 3 is 2.29 bits per heavy atom. The van der Waals surface area contributed by atoms with Crippen LogP contribution in [0, 0.1) is 0 Å². The van der Waals surface area contributed by atoms with Gasteiger partial charge in [0.15, 0.2) is 17.5 Å². The largest absolute Gasteiger partial charge is 1.00 e. The predicted molar refractivity (Wildman–Crippen MR) is 157 cm³/mol. The minimum Gasteiger partial charge on any atom is -1.00 e. The summed E-state index contributed by atoms with van der Waals surface area (Å²) in [5.41, 5.74) is 9.28. The van der Waals surface area contributed by atoms with Crippen molar-refractivity contribution in [1.82, 2.24) is 9.36 Å². The number of amides is 1. The van der Waals surface area contributed by atoms with E-state index in [-0.39, 0.29) is 18.3 Å². The number of hydrogen-bond acceptors (Lipinski definition) is 7. The van der Waals surface area contributed by atoms with E-state index < -0.39 is 6.04 Å². The maximum atomic E-state index is 13.2. The van der Waals surface area contributed by atoms with Crippen LogP contribution in [0.3, 0.4) is 0 Å². The van der Waals surface area contributed by atoms with Gasteiger partial charge in [0.2, 0.25) is 5.75 Å². The number of quaternary nitrogens is 1. The molecule has 11 heteroatoms. The first kappa shape index (κ1) is 29.7. The molecule has 41 heavy (non-hydrogen) atoms. The molecule has 0 bridgehead atoms. The predicted octanol–water partition coefficient (Wildman–Crippen LogP) is 1.79. The zero-order valence-electron chi connectivity index (χ0n) is 23.1. The van der Waals surface area contributed by atoms with Crippen molar-refractivity contribution < 1.29 is 41.9 Å². The Hall–Kier alpha value is -4.25.